The summed E-state index contributed by atoms with van der Waals surface area (Å²) in [5, 5.41) is 0.662. The van der Waals surface area contributed by atoms with E-state index in [2.05, 4.69) is 0 Å². The number of likely N-dealkylation sites (tertiary alicyclic amines) is 1. The molecule has 0 N–H and O–H groups in total. The van der Waals surface area contributed by atoms with Crippen LogP contribution in [0.5, 0.6) is 0 Å². The van der Waals surface area contributed by atoms with Crippen LogP contribution in [0, 0.1) is 5.82 Å². The summed E-state index contributed by atoms with van der Waals surface area (Å²) in [6.45, 7) is 0.915. The maximum atomic E-state index is 12.7. The van der Waals surface area contributed by atoms with Gasteiger partial charge in [0.15, 0.2) is 0 Å². The molecule has 2 saturated heterocycles. The number of rotatable bonds is 3. The lowest BCUT2D eigenvalue weighted by atomic mass is 10.2. The van der Waals surface area contributed by atoms with Gasteiger partial charge in [-0.3, -0.25) is 4.79 Å². The minimum atomic E-state index is -0.237. The molecule has 0 aliphatic carbocycles. The molecule has 0 aromatic heterocycles. The Morgan fingerprint density at radius 1 is 1.44 bits per heavy atom. The average molecular weight is 283 g/mol. The van der Waals surface area contributed by atoms with Crippen LogP contribution in [0.1, 0.15) is 6.42 Å². The quantitative estimate of drug-likeness (QED) is 0.795. The van der Waals surface area contributed by atoms with Gasteiger partial charge in [-0.2, -0.15) is 11.8 Å². The molecule has 18 heavy (non-hydrogen) atoms. The van der Waals surface area contributed by atoms with Crippen molar-refractivity contribution in [2.45, 2.75) is 22.6 Å². The molecule has 1 aromatic rings. The van der Waals surface area contributed by atoms with Gasteiger partial charge in [-0.1, -0.05) is 0 Å². The highest BCUT2D eigenvalue weighted by Crippen LogP contribution is 2.37. The van der Waals surface area contributed by atoms with Crippen molar-refractivity contribution < 1.29 is 9.18 Å². The minimum absolute atomic E-state index is 0.220. The Morgan fingerprint density at radius 2 is 2.22 bits per heavy atom. The Labute approximate surface area is 114 Å². The molecular weight excluding hydrogens is 269 g/mol. The number of hydrogen-bond acceptors (Lipinski definition) is 3. The van der Waals surface area contributed by atoms with Gasteiger partial charge in [0.05, 0.1) is 5.75 Å². The van der Waals surface area contributed by atoms with Crippen molar-refractivity contribution in [2.75, 3.05) is 18.1 Å². The van der Waals surface area contributed by atoms with Gasteiger partial charge in [-0.25, -0.2) is 4.39 Å². The van der Waals surface area contributed by atoms with Crippen LogP contribution in [0.4, 0.5) is 4.39 Å². The molecule has 2 fully saturated rings. The van der Waals surface area contributed by atoms with Gasteiger partial charge in [0.1, 0.15) is 5.82 Å². The van der Waals surface area contributed by atoms with Crippen LogP contribution in [-0.4, -0.2) is 40.1 Å². The third-order valence-electron chi connectivity index (χ3n) is 3.40. The number of benzene rings is 1. The first-order valence-corrected chi connectivity index (χ1v) is 8.05. The lowest BCUT2D eigenvalue weighted by molar-refractivity contribution is -0.128. The lowest BCUT2D eigenvalue weighted by Gasteiger charge is -2.26. The third kappa shape index (κ3) is 2.52. The van der Waals surface area contributed by atoms with Crippen LogP contribution in [-0.2, 0) is 4.79 Å². The van der Waals surface area contributed by atoms with E-state index in [0.29, 0.717) is 17.0 Å². The van der Waals surface area contributed by atoms with Crippen molar-refractivity contribution in [2.24, 2.45) is 0 Å². The van der Waals surface area contributed by atoms with Crippen molar-refractivity contribution >= 4 is 29.4 Å². The van der Waals surface area contributed by atoms with Gasteiger partial charge in [0, 0.05) is 28.5 Å². The van der Waals surface area contributed by atoms with E-state index in [-0.39, 0.29) is 11.7 Å². The molecule has 2 nitrogen and oxygen atoms in total. The summed E-state index contributed by atoms with van der Waals surface area (Å²) in [4.78, 5) is 15.1. The van der Waals surface area contributed by atoms with Crippen LogP contribution in [0.3, 0.4) is 0 Å². The molecule has 2 unspecified atom stereocenters. The first kappa shape index (κ1) is 12.4. The first-order chi connectivity index (χ1) is 8.72. The van der Waals surface area contributed by atoms with E-state index in [4.69, 9.17) is 0 Å². The fourth-order valence-electron chi connectivity index (χ4n) is 2.46. The Bertz CT molecular complexity index is 451. The van der Waals surface area contributed by atoms with E-state index < -0.39 is 0 Å². The fraction of sp³-hybridized carbons (Fsp3) is 0.462. The summed E-state index contributed by atoms with van der Waals surface area (Å²) in [6, 6.07) is 6.77. The van der Waals surface area contributed by atoms with E-state index in [1.807, 2.05) is 16.7 Å². The number of amides is 1. The van der Waals surface area contributed by atoms with Gasteiger partial charge in [0.2, 0.25) is 5.91 Å². The Kier molecular flexibility index (Phi) is 3.52. The largest absolute Gasteiger partial charge is 0.337 e. The average Bonchev–Trinajstić information content (AvgIpc) is 3.00. The zero-order chi connectivity index (χ0) is 12.5. The molecule has 0 radical (unpaired) electrons. The molecule has 1 amide bonds. The molecule has 2 heterocycles. The molecule has 5 heteroatoms. The monoisotopic (exact) mass is 283 g/mol. The second kappa shape index (κ2) is 5.13. The van der Waals surface area contributed by atoms with E-state index >= 15 is 0 Å². The number of halogens is 1. The second-order valence-electron chi connectivity index (χ2n) is 4.63. The molecule has 2 bridgehead atoms. The normalized spacial score (nSPS) is 25.7. The second-order valence-corrected chi connectivity index (χ2v) is 7.02. The minimum Gasteiger partial charge on any atom is -0.337 e. The van der Waals surface area contributed by atoms with Crippen molar-refractivity contribution in [3.63, 3.8) is 0 Å². The molecule has 3 rings (SSSR count). The lowest BCUT2D eigenvalue weighted by Crippen LogP contribution is -2.40. The molecular formula is C13H14FNOS2. The maximum absolute atomic E-state index is 12.7. The van der Waals surface area contributed by atoms with Gasteiger partial charge < -0.3 is 4.90 Å². The summed E-state index contributed by atoms with van der Waals surface area (Å²) in [5.74, 6) is 1.54. The van der Waals surface area contributed by atoms with E-state index in [9.17, 15) is 9.18 Å². The highest BCUT2D eigenvalue weighted by Gasteiger charge is 2.40. The molecule has 2 aliphatic rings. The van der Waals surface area contributed by atoms with Crippen LogP contribution >= 0.6 is 23.5 Å². The first-order valence-electron chi connectivity index (χ1n) is 6.02. The molecule has 96 valence electrons. The van der Waals surface area contributed by atoms with Gasteiger partial charge in [-0.05, 0) is 30.7 Å². The highest BCUT2D eigenvalue weighted by atomic mass is 32.2. The van der Waals surface area contributed by atoms with Gasteiger partial charge in [-0.15, -0.1) is 11.8 Å². The van der Waals surface area contributed by atoms with Crippen LogP contribution < -0.4 is 0 Å². The number of nitrogens with zero attached hydrogens (tertiary/aromatic N) is 1. The summed E-state index contributed by atoms with van der Waals surface area (Å²) >= 11 is 3.47. The van der Waals surface area contributed by atoms with Gasteiger partial charge in [0.25, 0.3) is 0 Å². The molecule has 0 spiro atoms. The summed E-state index contributed by atoms with van der Waals surface area (Å²) in [7, 11) is 0. The number of carbonyl (C=O) groups excluding carboxylic acids is 1. The fourth-order valence-corrected chi connectivity index (χ4v) is 4.68. The van der Waals surface area contributed by atoms with Crippen LogP contribution in [0.15, 0.2) is 29.2 Å². The zero-order valence-corrected chi connectivity index (χ0v) is 11.5. The van der Waals surface area contributed by atoms with Crippen molar-refractivity contribution in [3.8, 4) is 0 Å². The van der Waals surface area contributed by atoms with E-state index in [0.717, 1.165) is 23.6 Å². The SMILES string of the molecule is O=C(CSc1ccc(F)cc1)N1CC2CC1CS2. The third-order valence-corrected chi connectivity index (χ3v) is 5.78. The van der Waals surface area contributed by atoms with Crippen LogP contribution in [0.2, 0.25) is 0 Å². The zero-order valence-electron chi connectivity index (χ0n) is 9.84. The predicted molar refractivity (Wildman–Crippen MR) is 73.5 cm³/mol. The summed E-state index contributed by atoms with van der Waals surface area (Å²) in [6.07, 6.45) is 1.16. The van der Waals surface area contributed by atoms with Crippen molar-refractivity contribution in [1.82, 2.24) is 4.90 Å². The highest BCUT2D eigenvalue weighted by molar-refractivity contribution is 8.00. The van der Waals surface area contributed by atoms with Crippen molar-refractivity contribution in [1.29, 1.82) is 0 Å². The van der Waals surface area contributed by atoms with E-state index in [1.54, 1.807) is 12.1 Å². The molecule has 1 aromatic carbocycles. The smallest absolute Gasteiger partial charge is 0.233 e. The predicted octanol–water partition coefficient (Wildman–Crippen LogP) is 2.63. The topological polar surface area (TPSA) is 20.3 Å². The number of thioether (sulfide) groups is 2. The number of fused-ring (bicyclic) bond motifs is 2. The van der Waals surface area contributed by atoms with Crippen molar-refractivity contribution in [3.05, 3.63) is 30.1 Å². The Balaban J connectivity index is 1.54. The maximum Gasteiger partial charge on any atom is 0.233 e. The van der Waals surface area contributed by atoms with Gasteiger partial charge >= 0.3 is 0 Å². The molecule has 2 aliphatic heterocycles. The number of hydrogen-bond donors (Lipinski definition) is 0. The van der Waals surface area contributed by atoms with Crippen LogP contribution in [0.25, 0.3) is 0 Å². The standard InChI is InChI=1S/C13H14FNOS2/c14-9-1-3-11(4-2-9)18-8-13(16)15-6-12-5-10(15)7-17-12/h1-4,10,12H,5-8H2. The summed E-state index contributed by atoms with van der Waals surface area (Å²) in [5.41, 5.74) is 0. The molecule has 2 atom stereocenters. The Morgan fingerprint density at radius 3 is 2.83 bits per heavy atom. The Hall–Kier alpha value is -0.680. The van der Waals surface area contributed by atoms with E-state index in [1.165, 1.54) is 23.9 Å². The molecule has 0 saturated carbocycles. The number of carbonyl (C=O) groups is 1. The summed E-state index contributed by atoms with van der Waals surface area (Å²) < 4.78 is 12.7.